The number of primary amides is 1. The number of carbonyl (C=O) groups is 1. The number of nitrogens with one attached hydrogen (secondary N) is 1. The highest BCUT2D eigenvalue weighted by molar-refractivity contribution is 5.77. The van der Waals surface area contributed by atoms with Crippen molar-refractivity contribution in [2.75, 3.05) is 6.54 Å². The van der Waals surface area contributed by atoms with Crippen LogP contribution in [0.5, 0.6) is 0 Å². The molecule has 0 aliphatic heterocycles. The summed E-state index contributed by atoms with van der Waals surface area (Å²) in [6.07, 6.45) is 6.02. The molecule has 8 heteroatoms. The number of aliphatic hydroxyl groups is 1. The first-order valence-electron chi connectivity index (χ1n) is 13.9. The van der Waals surface area contributed by atoms with Gasteiger partial charge in [-0.05, 0) is 81.0 Å². The van der Waals surface area contributed by atoms with E-state index in [-0.39, 0.29) is 49.1 Å². The fourth-order valence-electron chi connectivity index (χ4n) is 7.28. The van der Waals surface area contributed by atoms with Gasteiger partial charge < -0.3 is 20.7 Å². The zero-order valence-corrected chi connectivity index (χ0v) is 22.1. The fraction of sp³-hybridized carbons (Fsp3) is 0.857. The van der Waals surface area contributed by atoms with E-state index in [1.54, 1.807) is 6.26 Å². The lowest BCUT2D eigenvalue weighted by atomic mass is 9.61. The van der Waals surface area contributed by atoms with Gasteiger partial charge in [-0.3, -0.25) is 4.79 Å². The molecule has 36 heavy (non-hydrogen) atoms. The zero-order valence-electron chi connectivity index (χ0n) is 22.1. The minimum Gasteiger partial charge on any atom is -0.391 e. The Morgan fingerprint density at radius 3 is 2.64 bits per heavy atom. The van der Waals surface area contributed by atoms with E-state index in [9.17, 15) is 18.7 Å². The number of carbonyl (C=O) groups excluding carboxylic acids is 1. The Bertz CT molecular complexity index is 878. The van der Waals surface area contributed by atoms with Crippen molar-refractivity contribution in [1.82, 2.24) is 10.5 Å². The average Bonchev–Trinajstić information content (AvgIpc) is 3.27. The third-order valence-electron chi connectivity index (χ3n) is 9.49. The maximum atomic E-state index is 14.0. The van der Waals surface area contributed by atoms with Crippen LogP contribution in [0.2, 0.25) is 0 Å². The standard InChI is InChI=1S/C28H45F2N3O3/c1-27(2,3)19-5-4-6-20(12-19)28(8-7-24-18(14-28)16-36-33-24)32-15-25(34)23(26(31)35)11-17-9-21(29)13-22(30)10-17/h16-17,19-23,25,32,34H,4-15H2,1-3H3,(H2,31,35). The topological polar surface area (TPSA) is 101 Å². The lowest BCUT2D eigenvalue weighted by molar-refractivity contribution is -0.126. The fourth-order valence-corrected chi connectivity index (χ4v) is 7.28. The van der Waals surface area contributed by atoms with Gasteiger partial charge in [0.15, 0.2) is 0 Å². The van der Waals surface area contributed by atoms with Crippen LogP contribution in [0.1, 0.15) is 89.8 Å². The van der Waals surface area contributed by atoms with Crippen LogP contribution < -0.4 is 11.1 Å². The Labute approximate surface area is 214 Å². The van der Waals surface area contributed by atoms with Crippen LogP contribution in [0, 0.1) is 29.1 Å². The molecule has 3 aliphatic rings. The summed E-state index contributed by atoms with van der Waals surface area (Å²) in [6, 6.07) is 0. The maximum absolute atomic E-state index is 14.0. The third-order valence-corrected chi connectivity index (χ3v) is 9.49. The molecular formula is C28H45F2N3O3. The molecule has 1 aromatic heterocycles. The van der Waals surface area contributed by atoms with Gasteiger partial charge in [-0.2, -0.15) is 0 Å². The van der Waals surface area contributed by atoms with Crippen molar-refractivity contribution >= 4 is 5.91 Å². The molecule has 7 unspecified atom stereocenters. The van der Waals surface area contributed by atoms with Gasteiger partial charge in [0.05, 0.1) is 17.7 Å². The van der Waals surface area contributed by atoms with Crippen molar-refractivity contribution < 1.29 is 23.2 Å². The monoisotopic (exact) mass is 509 g/mol. The number of halogens is 2. The highest BCUT2D eigenvalue weighted by Crippen LogP contribution is 2.47. The number of alkyl halides is 2. The molecule has 0 radical (unpaired) electrons. The molecule has 4 N–H and O–H groups in total. The lowest BCUT2D eigenvalue weighted by Gasteiger charge is -2.49. The van der Waals surface area contributed by atoms with Crippen molar-refractivity contribution in [3.8, 4) is 0 Å². The highest BCUT2D eigenvalue weighted by atomic mass is 19.1. The van der Waals surface area contributed by atoms with E-state index >= 15 is 0 Å². The van der Waals surface area contributed by atoms with E-state index in [1.165, 1.54) is 12.8 Å². The Balaban J connectivity index is 1.48. The number of aliphatic hydroxyl groups excluding tert-OH is 1. The number of fused-ring (bicyclic) bond motifs is 1. The summed E-state index contributed by atoms with van der Waals surface area (Å²) in [5.41, 5.74) is 7.80. The van der Waals surface area contributed by atoms with Crippen molar-refractivity contribution in [1.29, 1.82) is 0 Å². The van der Waals surface area contributed by atoms with E-state index in [2.05, 4.69) is 31.2 Å². The molecule has 2 saturated carbocycles. The van der Waals surface area contributed by atoms with Crippen LogP contribution in [-0.4, -0.2) is 46.7 Å². The second-order valence-electron chi connectivity index (χ2n) is 13.0. The van der Waals surface area contributed by atoms with Crippen LogP contribution in [0.4, 0.5) is 8.78 Å². The molecule has 0 spiro atoms. The van der Waals surface area contributed by atoms with Crippen LogP contribution in [0.3, 0.4) is 0 Å². The normalized spacial score (nSPS) is 35.1. The highest BCUT2D eigenvalue weighted by Gasteiger charge is 2.46. The smallest absolute Gasteiger partial charge is 0.223 e. The van der Waals surface area contributed by atoms with E-state index in [0.29, 0.717) is 11.8 Å². The lowest BCUT2D eigenvalue weighted by Crippen LogP contribution is -2.59. The molecule has 4 rings (SSSR count). The molecule has 0 bridgehead atoms. The minimum atomic E-state index is -1.20. The zero-order chi connectivity index (χ0) is 26.1. The predicted octanol–water partition coefficient (Wildman–Crippen LogP) is 4.67. The van der Waals surface area contributed by atoms with Gasteiger partial charge in [-0.1, -0.05) is 32.3 Å². The quantitative estimate of drug-likeness (QED) is 0.473. The van der Waals surface area contributed by atoms with E-state index in [1.807, 2.05) is 0 Å². The SMILES string of the molecule is CC(C)(C)C1CCCC(C2(NCC(O)C(CC3CC(F)CC(F)C3)C(N)=O)CCc3nocc3C2)C1. The van der Waals surface area contributed by atoms with Gasteiger partial charge >= 0.3 is 0 Å². The van der Waals surface area contributed by atoms with Crippen molar-refractivity contribution in [2.45, 2.75) is 115 Å². The first-order valence-corrected chi connectivity index (χ1v) is 13.9. The van der Waals surface area contributed by atoms with Crippen molar-refractivity contribution in [2.24, 2.45) is 34.8 Å². The number of hydrogen-bond donors (Lipinski definition) is 3. The van der Waals surface area contributed by atoms with Crippen LogP contribution >= 0.6 is 0 Å². The van der Waals surface area contributed by atoms with Gasteiger partial charge in [-0.15, -0.1) is 0 Å². The summed E-state index contributed by atoms with van der Waals surface area (Å²) in [7, 11) is 0. The predicted molar refractivity (Wildman–Crippen MR) is 135 cm³/mol. The number of hydrogen-bond acceptors (Lipinski definition) is 5. The molecule has 204 valence electrons. The second kappa shape index (κ2) is 11.1. The van der Waals surface area contributed by atoms with Gasteiger partial charge in [0.1, 0.15) is 18.6 Å². The summed E-state index contributed by atoms with van der Waals surface area (Å²) >= 11 is 0. The Morgan fingerprint density at radius 1 is 1.25 bits per heavy atom. The number of β-amino-alcohol motifs (C(OH)–C–C–N with tert-alkyl or cyclic N) is 1. The summed E-state index contributed by atoms with van der Waals surface area (Å²) in [6.45, 7) is 7.16. The van der Waals surface area contributed by atoms with E-state index in [4.69, 9.17) is 10.3 Å². The van der Waals surface area contributed by atoms with Crippen LogP contribution in [0.15, 0.2) is 10.8 Å². The average molecular weight is 510 g/mol. The van der Waals surface area contributed by atoms with Gasteiger partial charge in [0.2, 0.25) is 5.91 Å². The maximum Gasteiger partial charge on any atom is 0.223 e. The van der Waals surface area contributed by atoms with Crippen LogP contribution in [-0.2, 0) is 17.6 Å². The van der Waals surface area contributed by atoms with Gasteiger partial charge in [0.25, 0.3) is 0 Å². The molecule has 0 aromatic carbocycles. The summed E-state index contributed by atoms with van der Waals surface area (Å²) in [5, 5.41) is 19.0. The Kier molecular flexibility index (Phi) is 8.45. The minimum absolute atomic E-state index is 0.0772. The molecular weight excluding hydrogens is 464 g/mol. The molecule has 1 aromatic rings. The number of nitrogens with two attached hydrogens (primary N) is 1. The second-order valence-corrected chi connectivity index (χ2v) is 13.0. The molecule has 6 nitrogen and oxygen atoms in total. The third kappa shape index (κ3) is 6.29. The largest absolute Gasteiger partial charge is 0.391 e. The molecule has 1 amide bonds. The number of nitrogens with zero attached hydrogens (tertiary/aromatic N) is 1. The Hall–Kier alpha value is -1.54. The number of aryl methyl sites for hydroxylation is 1. The molecule has 0 saturated heterocycles. The van der Waals surface area contributed by atoms with E-state index < -0.39 is 30.3 Å². The number of amides is 1. The van der Waals surface area contributed by atoms with Gasteiger partial charge in [-0.25, -0.2) is 8.78 Å². The first kappa shape index (κ1) is 27.5. The van der Waals surface area contributed by atoms with E-state index in [0.717, 1.165) is 43.4 Å². The number of aromatic nitrogens is 1. The molecule has 3 aliphatic carbocycles. The Morgan fingerprint density at radius 2 is 1.97 bits per heavy atom. The van der Waals surface area contributed by atoms with Crippen molar-refractivity contribution in [3.63, 3.8) is 0 Å². The summed E-state index contributed by atoms with van der Waals surface area (Å²) in [5.74, 6) is -0.679. The molecule has 7 atom stereocenters. The first-order chi connectivity index (χ1) is 17.0. The van der Waals surface area contributed by atoms with Crippen LogP contribution in [0.25, 0.3) is 0 Å². The van der Waals surface area contributed by atoms with Gasteiger partial charge in [0, 0.05) is 24.1 Å². The summed E-state index contributed by atoms with van der Waals surface area (Å²) < 4.78 is 33.2. The number of rotatable bonds is 8. The summed E-state index contributed by atoms with van der Waals surface area (Å²) in [4.78, 5) is 12.3. The molecule has 2 fully saturated rings. The molecule has 1 heterocycles. The van der Waals surface area contributed by atoms with Crippen molar-refractivity contribution in [3.05, 3.63) is 17.5 Å².